The van der Waals surface area contributed by atoms with E-state index < -0.39 is 6.04 Å². The Hall–Kier alpha value is -1.05. The second-order valence-electron chi connectivity index (χ2n) is 4.58. The number of carbonyl (C=O) groups excluding carboxylic acids is 2. The van der Waals surface area contributed by atoms with E-state index in [2.05, 4.69) is 0 Å². The summed E-state index contributed by atoms with van der Waals surface area (Å²) in [6, 6.07) is 1.41. The Morgan fingerprint density at radius 3 is 2.90 bits per heavy atom. The summed E-state index contributed by atoms with van der Waals surface area (Å²) in [5.41, 5.74) is 6.83. The standard InChI is InChI=1S/C14H22N2O3S2/c1-3-19-14(18)12(15)5-7-21-10-13(17)16(2)8-11-4-6-20-9-11/h4,6,9,12H,3,5,7-8,10,15H2,1-2H3. The minimum absolute atomic E-state index is 0.0795. The van der Waals surface area contributed by atoms with Crippen molar-refractivity contribution in [3.63, 3.8) is 0 Å². The van der Waals surface area contributed by atoms with Crippen LogP contribution in [0.4, 0.5) is 0 Å². The van der Waals surface area contributed by atoms with Crippen LogP contribution in [0.5, 0.6) is 0 Å². The van der Waals surface area contributed by atoms with Crippen LogP contribution in [0, 0.1) is 0 Å². The van der Waals surface area contributed by atoms with Crippen LogP contribution in [0.3, 0.4) is 0 Å². The number of thioether (sulfide) groups is 1. The van der Waals surface area contributed by atoms with Gasteiger partial charge >= 0.3 is 5.97 Å². The SMILES string of the molecule is CCOC(=O)C(N)CCSCC(=O)N(C)Cc1ccsc1. The van der Waals surface area contributed by atoms with Crippen LogP contribution < -0.4 is 5.73 Å². The van der Waals surface area contributed by atoms with E-state index in [9.17, 15) is 9.59 Å². The first kappa shape index (κ1) is 18.0. The van der Waals surface area contributed by atoms with Crippen LogP contribution in [0.1, 0.15) is 18.9 Å². The summed E-state index contributed by atoms with van der Waals surface area (Å²) in [6.07, 6.45) is 0.519. The molecular formula is C14H22N2O3S2. The molecule has 0 spiro atoms. The third-order valence-electron chi connectivity index (χ3n) is 2.81. The summed E-state index contributed by atoms with van der Waals surface area (Å²) in [5, 5.41) is 4.04. The molecule has 1 amide bonds. The molecule has 7 heteroatoms. The fourth-order valence-electron chi connectivity index (χ4n) is 1.59. The lowest BCUT2D eigenvalue weighted by molar-refractivity contribution is -0.144. The van der Waals surface area contributed by atoms with Gasteiger partial charge in [0, 0.05) is 13.6 Å². The van der Waals surface area contributed by atoms with Gasteiger partial charge in [-0.3, -0.25) is 9.59 Å². The Morgan fingerprint density at radius 2 is 2.29 bits per heavy atom. The van der Waals surface area contributed by atoms with Crippen molar-refractivity contribution in [2.24, 2.45) is 5.73 Å². The topological polar surface area (TPSA) is 72.6 Å². The highest BCUT2D eigenvalue weighted by Gasteiger charge is 2.15. The molecule has 1 unspecified atom stereocenters. The van der Waals surface area contributed by atoms with Crippen LogP contribution >= 0.6 is 23.1 Å². The monoisotopic (exact) mass is 330 g/mol. The molecule has 1 heterocycles. The van der Waals surface area contributed by atoms with E-state index in [1.807, 2.05) is 16.8 Å². The molecule has 0 bridgehead atoms. The first-order valence-electron chi connectivity index (χ1n) is 6.79. The zero-order valence-electron chi connectivity index (χ0n) is 12.4. The van der Waals surface area contributed by atoms with Gasteiger partial charge in [0.15, 0.2) is 0 Å². The number of nitrogens with two attached hydrogens (primary N) is 1. The largest absolute Gasteiger partial charge is 0.465 e. The van der Waals surface area contributed by atoms with E-state index in [1.165, 1.54) is 11.8 Å². The number of amides is 1. The lowest BCUT2D eigenvalue weighted by Crippen LogP contribution is -2.33. The van der Waals surface area contributed by atoms with Crippen molar-refractivity contribution < 1.29 is 14.3 Å². The maximum absolute atomic E-state index is 11.9. The van der Waals surface area contributed by atoms with Gasteiger partial charge in [-0.25, -0.2) is 0 Å². The van der Waals surface area contributed by atoms with Crippen molar-refractivity contribution in [1.29, 1.82) is 0 Å². The van der Waals surface area contributed by atoms with Crippen molar-refractivity contribution in [2.75, 3.05) is 25.2 Å². The quantitative estimate of drug-likeness (QED) is 0.551. The van der Waals surface area contributed by atoms with E-state index >= 15 is 0 Å². The molecule has 21 heavy (non-hydrogen) atoms. The Balaban J connectivity index is 2.17. The van der Waals surface area contributed by atoms with Gasteiger partial charge in [-0.15, -0.1) is 0 Å². The van der Waals surface area contributed by atoms with Gasteiger partial charge in [-0.1, -0.05) is 0 Å². The van der Waals surface area contributed by atoms with E-state index in [4.69, 9.17) is 10.5 Å². The molecule has 0 fully saturated rings. The van der Waals surface area contributed by atoms with Crippen molar-refractivity contribution in [3.05, 3.63) is 22.4 Å². The third-order valence-corrected chi connectivity index (χ3v) is 4.52. The third kappa shape index (κ3) is 6.97. The van der Waals surface area contributed by atoms with Crippen LogP contribution in [-0.4, -0.2) is 48.0 Å². The molecular weight excluding hydrogens is 308 g/mol. The van der Waals surface area contributed by atoms with Gasteiger partial charge in [0.05, 0.1) is 12.4 Å². The van der Waals surface area contributed by atoms with Crippen LogP contribution in [-0.2, 0) is 20.9 Å². The minimum Gasteiger partial charge on any atom is -0.465 e. The summed E-state index contributed by atoms with van der Waals surface area (Å²) in [7, 11) is 1.80. The molecule has 1 aromatic heterocycles. The molecule has 1 atom stereocenters. The number of hydrogen-bond donors (Lipinski definition) is 1. The first-order chi connectivity index (χ1) is 10.0. The highest BCUT2D eigenvalue weighted by atomic mass is 32.2. The van der Waals surface area contributed by atoms with Gasteiger partial charge in [0.1, 0.15) is 6.04 Å². The van der Waals surface area contributed by atoms with Crippen LogP contribution in [0.25, 0.3) is 0 Å². The second kappa shape index (κ2) is 9.81. The lowest BCUT2D eigenvalue weighted by atomic mass is 10.2. The van der Waals surface area contributed by atoms with E-state index in [1.54, 1.807) is 30.2 Å². The zero-order chi connectivity index (χ0) is 15.7. The summed E-state index contributed by atoms with van der Waals surface area (Å²) in [5.74, 6) is 0.767. The normalized spacial score (nSPS) is 12.0. The number of ether oxygens (including phenoxy) is 1. The maximum atomic E-state index is 11.9. The highest BCUT2D eigenvalue weighted by Crippen LogP contribution is 2.11. The number of nitrogens with zero attached hydrogens (tertiary/aromatic N) is 1. The number of thiophene rings is 1. The molecule has 0 saturated carbocycles. The maximum Gasteiger partial charge on any atom is 0.322 e. The molecule has 0 aliphatic rings. The first-order valence-corrected chi connectivity index (χ1v) is 8.89. The van der Waals surface area contributed by atoms with Crippen LogP contribution in [0.15, 0.2) is 16.8 Å². The molecule has 0 radical (unpaired) electrons. The van der Waals surface area contributed by atoms with Crippen molar-refractivity contribution in [3.8, 4) is 0 Å². The van der Waals surface area contributed by atoms with Gasteiger partial charge in [-0.05, 0) is 41.5 Å². The van der Waals surface area contributed by atoms with Crippen molar-refractivity contribution in [1.82, 2.24) is 4.90 Å². The molecule has 0 saturated heterocycles. The molecule has 1 aromatic rings. The van der Waals surface area contributed by atoms with Crippen molar-refractivity contribution in [2.45, 2.75) is 25.9 Å². The summed E-state index contributed by atoms with van der Waals surface area (Å²) in [6.45, 7) is 2.72. The number of carbonyl (C=O) groups is 2. The number of hydrogen-bond acceptors (Lipinski definition) is 6. The van der Waals surface area contributed by atoms with E-state index in [-0.39, 0.29) is 11.9 Å². The van der Waals surface area contributed by atoms with Crippen LogP contribution in [0.2, 0.25) is 0 Å². The van der Waals surface area contributed by atoms with Gasteiger partial charge < -0.3 is 15.4 Å². The number of rotatable bonds is 9. The predicted octanol–water partition coefficient (Wildman–Crippen LogP) is 1.72. The molecule has 0 aliphatic carbocycles. The summed E-state index contributed by atoms with van der Waals surface area (Å²) in [4.78, 5) is 25.0. The summed E-state index contributed by atoms with van der Waals surface area (Å²) < 4.78 is 4.83. The molecule has 118 valence electrons. The fourth-order valence-corrected chi connectivity index (χ4v) is 3.21. The van der Waals surface area contributed by atoms with Gasteiger partial charge in [-0.2, -0.15) is 23.1 Å². The lowest BCUT2D eigenvalue weighted by Gasteiger charge is -2.16. The zero-order valence-corrected chi connectivity index (χ0v) is 14.0. The molecule has 5 nitrogen and oxygen atoms in total. The van der Waals surface area contributed by atoms with E-state index in [0.717, 1.165) is 5.56 Å². The van der Waals surface area contributed by atoms with Gasteiger partial charge in [0.2, 0.25) is 5.91 Å². The van der Waals surface area contributed by atoms with E-state index in [0.29, 0.717) is 31.1 Å². The Kier molecular flexibility index (Phi) is 8.41. The summed E-state index contributed by atoms with van der Waals surface area (Å²) >= 11 is 3.11. The fraction of sp³-hybridized carbons (Fsp3) is 0.571. The van der Waals surface area contributed by atoms with Crippen molar-refractivity contribution >= 4 is 35.0 Å². The molecule has 0 aromatic carbocycles. The highest BCUT2D eigenvalue weighted by molar-refractivity contribution is 7.99. The smallest absolute Gasteiger partial charge is 0.322 e. The molecule has 1 rings (SSSR count). The average molecular weight is 330 g/mol. The Labute approximate surface area is 133 Å². The molecule has 2 N–H and O–H groups in total. The minimum atomic E-state index is -0.601. The average Bonchev–Trinajstić information content (AvgIpc) is 2.96. The number of esters is 1. The molecule has 0 aliphatic heterocycles. The Morgan fingerprint density at radius 1 is 1.52 bits per heavy atom. The Bertz CT molecular complexity index is 437. The predicted molar refractivity (Wildman–Crippen MR) is 87.3 cm³/mol. The van der Waals surface area contributed by atoms with Gasteiger partial charge in [0.25, 0.3) is 0 Å². The second-order valence-corrected chi connectivity index (χ2v) is 6.47.